The molecule has 6 nitrogen and oxygen atoms in total. The Labute approximate surface area is 146 Å². The number of fused-ring (bicyclic) bond motifs is 1. The van der Waals surface area contributed by atoms with E-state index in [1.165, 1.54) is 0 Å². The largest absolute Gasteiger partial charge is 0.383 e. The molecule has 6 heteroatoms. The maximum atomic E-state index is 12.1. The molecule has 2 heterocycles. The number of amides is 1. The average Bonchev–Trinajstić information content (AvgIpc) is 3.01. The number of rotatable bonds is 8. The van der Waals surface area contributed by atoms with Crippen molar-refractivity contribution in [2.75, 3.05) is 13.7 Å². The molecule has 0 saturated heterocycles. The third kappa shape index (κ3) is 4.42. The van der Waals surface area contributed by atoms with Crippen molar-refractivity contribution < 1.29 is 9.53 Å². The van der Waals surface area contributed by atoms with Gasteiger partial charge in [-0.15, -0.1) is 0 Å². The predicted octanol–water partition coefficient (Wildman–Crippen LogP) is 2.33. The Kier molecular flexibility index (Phi) is 5.74. The van der Waals surface area contributed by atoms with Crippen LogP contribution in [-0.4, -0.2) is 34.2 Å². The maximum Gasteiger partial charge on any atom is 0.220 e. The molecule has 1 amide bonds. The second-order valence-electron chi connectivity index (χ2n) is 5.78. The van der Waals surface area contributed by atoms with Crippen molar-refractivity contribution in [1.29, 1.82) is 0 Å². The average molecular weight is 338 g/mol. The van der Waals surface area contributed by atoms with Gasteiger partial charge in [0.25, 0.3) is 0 Å². The summed E-state index contributed by atoms with van der Waals surface area (Å²) in [5, 5.41) is 2.96. The fraction of sp³-hybridized carbons (Fsp3) is 0.316. The number of benzene rings is 1. The van der Waals surface area contributed by atoms with Crippen LogP contribution in [0.4, 0.5) is 0 Å². The van der Waals surface area contributed by atoms with E-state index in [9.17, 15) is 4.79 Å². The molecule has 1 N–H and O–H groups in total. The van der Waals surface area contributed by atoms with Crippen LogP contribution in [0.3, 0.4) is 0 Å². The van der Waals surface area contributed by atoms with E-state index < -0.39 is 0 Å². The van der Waals surface area contributed by atoms with Gasteiger partial charge in [0.05, 0.1) is 13.2 Å². The number of carbonyl (C=O) groups excluding carboxylic acids is 1. The van der Waals surface area contributed by atoms with Crippen LogP contribution in [0.5, 0.6) is 0 Å². The number of nitrogens with zero attached hydrogens (tertiary/aromatic N) is 3. The Morgan fingerprint density at radius 3 is 2.84 bits per heavy atom. The number of carbonyl (C=O) groups is 1. The number of imidazole rings is 1. The van der Waals surface area contributed by atoms with Crippen LogP contribution in [0.15, 0.2) is 48.7 Å². The van der Waals surface area contributed by atoms with Gasteiger partial charge in [-0.3, -0.25) is 4.79 Å². The van der Waals surface area contributed by atoms with Gasteiger partial charge in [0, 0.05) is 26.3 Å². The Hall–Kier alpha value is -2.73. The molecule has 25 heavy (non-hydrogen) atoms. The van der Waals surface area contributed by atoms with Gasteiger partial charge in [0.2, 0.25) is 5.91 Å². The molecule has 0 atom stereocenters. The van der Waals surface area contributed by atoms with Crippen LogP contribution in [0.25, 0.3) is 11.2 Å². The molecule has 0 aliphatic rings. The molecule has 0 fully saturated rings. The van der Waals surface area contributed by atoms with Crippen molar-refractivity contribution in [1.82, 2.24) is 19.9 Å². The first-order valence-electron chi connectivity index (χ1n) is 8.37. The molecule has 1 aromatic carbocycles. The van der Waals surface area contributed by atoms with Crippen LogP contribution in [0.2, 0.25) is 0 Å². The molecular weight excluding hydrogens is 316 g/mol. The zero-order valence-corrected chi connectivity index (χ0v) is 14.3. The molecule has 0 saturated carbocycles. The summed E-state index contributed by atoms with van der Waals surface area (Å²) in [6, 6.07) is 13.8. The van der Waals surface area contributed by atoms with E-state index in [-0.39, 0.29) is 5.91 Å². The van der Waals surface area contributed by atoms with E-state index in [1.807, 2.05) is 47.0 Å². The minimum absolute atomic E-state index is 0.0159. The zero-order valence-electron chi connectivity index (χ0n) is 14.3. The van der Waals surface area contributed by atoms with E-state index in [4.69, 9.17) is 4.74 Å². The lowest BCUT2D eigenvalue weighted by Gasteiger charge is -2.09. The van der Waals surface area contributed by atoms with E-state index in [0.29, 0.717) is 26.1 Å². The van der Waals surface area contributed by atoms with Crippen LogP contribution in [0, 0.1) is 0 Å². The summed E-state index contributed by atoms with van der Waals surface area (Å²) < 4.78 is 7.16. The fourth-order valence-electron chi connectivity index (χ4n) is 2.73. The van der Waals surface area contributed by atoms with E-state index in [0.717, 1.165) is 29.0 Å². The number of ether oxygens (including phenoxy) is 1. The summed E-state index contributed by atoms with van der Waals surface area (Å²) >= 11 is 0. The highest BCUT2D eigenvalue weighted by Gasteiger charge is 2.12. The van der Waals surface area contributed by atoms with Crippen molar-refractivity contribution in [3.05, 3.63) is 60.0 Å². The standard InChI is InChI=1S/C19H22N4O2/c1-25-13-12-23-17(22-16-8-5-11-20-19(16)23)14-21-18(24)10-9-15-6-3-2-4-7-15/h2-8,11H,9-10,12-14H2,1H3,(H,21,24). The monoisotopic (exact) mass is 338 g/mol. The third-order valence-electron chi connectivity index (χ3n) is 4.03. The van der Waals surface area contributed by atoms with Gasteiger partial charge in [0.1, 0.15) is 11.3 Å². The third-order valence-corrected chi connectivity index (χ3v) is 4.03. The van der Waals surface area contributed by atoms with Crippen LogP contribution in [-0.2, 0) is 29.0 Å². The minimum Gasteiger partial charge on any atom is -0.383 e. The van der Waals surface area contributed by atoms with Gasteiger partial charge >= 0.3 is 0 Å². The first-order chi connectivity index (χ1) is 12.3. The molecule has 130 valence electrons. The Balaban J connectivity index is 1.62. The Bertz CT molecular complexity index is 830. The molecule has 3 aromatic rings. The SMILES string of the molecule is COCCn1c(CNC(=O)CCc2ccccc2)nc2cccnc21. The van der Waals surface area contributed by atoms with Crippen molar-refractivity contribution in [2.24, 2.45) is 0 Å². The maximum absolute atomic E-state index is 12.1. The van der Waals surface area contributed by atoms with Gasteiger partial charge in [-0.1, -0.05) is 30.3 Å². The number of nitrogens with one attached hydrogen (secondary N) is 1. The van der Waals surface area contributed by atoms with Gasteiger partial charge < -0.3 is 14.6 Å². The number of aryl methyl sites for hydroxylation is 1. The number of aromatic nitrogens is 3. The zero-order chi connectivity index (χ0) is 17.5. The van der Waals surface area contributed by atoms with Crippen molar-refractivity contribution >= 4 is 17.1 Å². The van der Waals surface area contributed by atoms with Crippen LogP contribution >= 0.6 is 0 Å². The summed E-state index contributed by atoms with van der Waals surface area (Å²) in [5.74, 6) is 0.806. The highest BCUT2D eigenvalue weighted by molar-refractivity contribution is 5.76. The molecule has 0 bridgehead atoms. The molecule has 0 unspecified atom stereocenters. The van der Waals surface area contributed by atoms with E-state index in [2.05, 4.69) is 15.3 Å². The van der Waals surface area contributed by atoms with Crippen molar-refractivity contribution in [3.8, 4) is 0 Å². The highest BCUT2D eigenvalue weighted by Crippen LogP contribution is 2.13. The molecular formula is C19H22N4O2. The normalized spacial score (nSPS) is 10.9. The van der Waals surface area contributed by atoms with E-state index in [1.54, 1.807) is 13.3 Å². The lowest BCUT2D eigenvalue weighted by Crippen LogP contribution is -2.25. The summed E-state index contributed by atoms with van der Waals surface area (Å²) in [7, 11) is 1.66. The molecule has 3 rings (SSSR count). The van der Waals surface area contributed by atoms with Crippen LogP contribution < -0.4 is 5.32 Å². The highest BCUT2D eigenvalue weighted by atomic mass is 16.5. The molecule has 2 aromatic heterocycles. The quantitative estimate of drug-likeness (QED) is 0.684. The number of methoxy groups -OCH3 is 1. The molecule has 0 aliphatic carbocycles. The summed E-state index contributed by atoms with van der Waals surface area (Å²) in [6.45, 7) is 1.60. The first kappa shape index (κ1) is 17.1. The number of hydrogen-bond donors (Lipinski definition) is 1. The Morgan fingerprint density at radius 2 is 2.04 bits per heavy atom. The summed E-state index contributed by atoms with van der Waals surface area (Å²) in [4.78, 5) is 21.1. The van der Waals surface area contributed by atoms with Gasteiger partial charge in [-0.05, 0) is 24.1 Å². The summed E-state index contributed by atoms with van der Waals surface area (Å²) in [6.07, 6.45) is 2.93. The summed E-state index contributed by atoms with van der Waals surface area (Å²) in [5.41, 5.74) is 2.80. The van der Waals surface area contributed by atoms with Gasteiger partial charge in [-0.25, -0.2) is 9.97 Å². The predicted molar refractivity (Wildman–Crippen MR) is 96.0 cm³/mol. The fourth-order valence-corrected chi connectivity index (χ4v) is 2.73. The van der Waals surface area contributed by atoms with Gasteiger partial charge in [0.15, 0.2) is 5.65 Å². The second-order valence-corrected chi connectivity index (χ2v) is 5.78. The lowest BCUT2D eigenvalue weighted by molar-refractivity contribution is -0.121. The number of hydrogen-bond acceptors (Lipinski definition) is 4. The van der Waals surface area contributed by atoms with Crippen molar-refractivity contribution in [3.63, 3.8) is 0 Å². The second kappa shape index (κ2) is 8.39. The van der Waals surface area contributed by atoms with Crippen molar-refractivity contribution in [2.45, 2.75) is 25.9 Å². The van der Waals surface area contributed by atoms with E-state index >= 15 is 0 Å². The smallest absolute Gasteiger partial charge is 0.220 e. The minimum atomic E-state index is 0.0159. The Morgan fingerprint density at radius 1 is 1.20 bits per heavy atom. The molecule has 0 spiro atoms. The van der Waals surface area contributed by atoms with Gasteiger partial charge in [-0.2, -0.15) is 0 Å². The number of pyridine rings is 1. The van der Waals surface area contributed by atoms with Crippen LogP contribution in [0.1, 0.15) is 17.8 Å². The molecule has 0 aliphatic heterocycles. The first-order valence-corrected chi connectivity index (χ1v) is 8.37. The topological polar surface area (TPSA) is 69.0 Å². The lowest BCUT2D eigenvalue weighted by atomic mass is 10.1. The molecule has 0 radical (unpaired) electrons.